The van der Waals surface area contributed by atoms with Crippen molar-refractivity contribution in [2.24, 2.45) is 0 Å². The molecule has 0 bridgehead atoms. The molecule has 7 heteroatoms. The van der Waals surface area contributed by atoms with Crippen LogP contribution in [0.5, 0.6) is 5.75 Å². The lowest BCUT2D eigenvalue weighted by Crippen LogP contribution is -2.52. The number of anilines is 1. The van der Waals surface area contributed by atoms with E-state index < -0.39 is 5.60 Å². The third kappa shape index (κ3) is 3.73. The summed E-state index contributed by atoms with van der Waals surface area (Å²) in [6, 6.07) is 17.2. The van der Waals surface area contributed by atoms with Gasteiger partial charge in [-0.25, -0.2) is 4.90 Å². The van der Waals surface area contributed by atoms with Gasteiger partial charge in [0.15, 0.2) is 5.78 Å². The van der Waals surface area contributed by atoms with E-state index in [4.69, 9.17) is 4.74 Å². The summed E-state index contributed by atoms with van der Waals surface area (Å²) < 4.78 is 6.44. The van der Waals surface area contributed by atoms with Crippen LogP contribution in [0, 0.1) is 13.8 Å². The van der Waals surface area contributed by atoms with Crippen LogP contribution in [0.25, 0.3) is 0 Å². The Hall–Kier alpha value is -4.26. The van der Waals surface area contributed by atoms with E-state index in [1.165, 1.54) is 0 Å². The highest BCUT2D eigenvalue weighted by atomic mass is 16.5. The van der Waals surface area contributed by atoms with Crippen LogP contribution in [-0.4, -0.2) is 47.1 Å². The molecule has 0 radical (unpaired) electrons. The fourth-order valence-corrected chi connectivity index (χ4v) is 5.69. The Morgan fingerprint density at radius 3 is 2.08 bits per heavy atom. The Bertz CT molecular complexity index is 1450. The minimum atomic E-state index is -0.587. The number of piperidine rings is 1. The zero-order valence-electron chi connectivity index (χ0n) is 20.7. The average molecular weight is 495 g/mol. The fourth-order valence-electron chi connectivity index (χ4n) is 5.69. The molecule has 0 atom stereocenters. The number of imide groups is 1. The lowest BCUT2D eigenvalue weighted by Gasteiger charge is -2.44. The summed E-state index contributed by atoms with van der Waals surface area (Å²) in [5, 5.41) is 0. The molecule has 0 aliphatic carbocycles. The number of benzene rings is 3. The van der Waals surface area contributed by atoms with Gasteiger partial charge in [-0.3, -0.25) is 19.2 Å². The van der Waals surface area contributed by atoms with E-state index in [9.17, 15) is 19.2 Å². The number of fused-ring (bicyclic) bond motifs is 2. The van der Waals surface area contributed by atoms with Gasteiger partial charge in [-0.15, -0.1) is 0 Å². The van der Waals surface area contributed by atoms with Crippen LogP contribution in [0.2, 0.25) is 0 Å². The number of carbonyl (C=O) groups is 4. The molecule has 1 saturated heterocycles. The molecule has 37 heavy (non-hydrogen) atoms. The highest BCUT2D eigenvalue weighted by molar-refractivity contribution is 6.34. The van der Waals surface area contributed by atoms with Crippen molar-refractivity contribution < 1.29 is 23.9 Å². The van der Waals surface area contributed by atoms with Gasteiger partial charge in [-0.1, -0.05) is 18.2 Å². The number of nitrogens with zero attached hydrogens (tertiary/aromatic N) is 2. The van der Waals surface area contributed by atoms with Crippen molar-refractivity contribution in [1.29, 1.82) is 0 Å². The summed E-state index contributed by atoms with van der Waals surface area (Å²) in [6.45, 7) is 4.89. The van der Waals surface area contributed by atoms with Gasteiger partial charge < -0.3 is 9.64 Å². The number of Topliss-reactive ketones (excluding diaryl/α,β-unsaturated/α-hetero) is 1. The molecule has 1 fully saturated rings. The maximum atomic E-state index is 13.2. The average Bonchev–Trinajstić information content (AvgIpc) is 3.15. The second-order valence-electron chi connectivity index (χ2n) is 10.2. The van der Waals surface area contributed by atoms with Crippen molar-refractivity contribution in [1.82, 2.24) is 4.90 Å². The molecule has 1 spiro atoms. The predicted molar refractivity (Wildman–Crippen MR) is 137 cm³/mol. The summed E-state index contributed by atoms with van der Waals surface area (Å²) in [4.78, 5) is 54.6. The number of ketones is 1. The van der Waals surface area contributed by atoms with E-state index in [-0.39, 0.29) is 23.5 Å². The molecule has 0 saturated carbocycles. The van der Waals surface area contributed by atoms with Crippen LogP contribution in [0.15, 0.2) is 60.7 Å². The smallest absolute Gasteiger partial charge is 0.266 e. The molecule has 3 amide bonds. The SMILES string of the molecule is Cc1cc(C)c2c(c1)C(=O)CC1(CCN(C(=O)c3ccc(N4C(=O)c5ccccc5C4=O)cc3)CC1)O2. The Kier molecular flexibility index (Phi) is 5.26. The molecule has 3 aliphatic rings. The quantitative estimate of drug-likeness (QED) is 0.481. The van der Waals surface area contributed by atoms with Gasteiger partial charge in [-0.2, -0.15) is 0 Å². The molecule has 3 aromatic rings. The van der Waals surface area contributed by atoms with E-state index in [0.717, 1.165) is 16.0 Å². The molecular weight excluding hydrogens is 468 g/mol. The van der Waals surface area contributed by atoms with E-state index >= 15 is 0 Å². The van der Waals surface area contributed by atoms with Crippen LogP contribution in [0.4, 0.5) is 5.69 Å². The Labute approximate surface area is 214 Å². The molecular formula is C30H26N2O5. The number of hydrogen-bond acceptors (Lipinski definition) is 5. The Morgan fingerprint density at radius 1 is 0.838 bits per heavy atom. The maximum absolute atomic E-state index is 13.2. The topological polar surface area (TPSA) is 84.0 Å². The second kappa shape index (κ2) is 8.40. The minimum Gasteiger partial charge on any atom is -0.486 e. The number of ether oxygens (including phenoxy) is 1. The van der Waals surface area contributed by atoms with Crippen molar-refractivity contribution in [2.45, 2.75) is 38.7 Å². The summed E-state index contributed by atoms with van der Waals surface area (Å²) in [7, 11) is 0. The zero-order valence-corrected chi connectivity index (χ0v) is 20.7. The van der Waals surface area contributed by atoms with Crippen molar-refractivity contribution in [3.05, 3.63) is 94.0 Å². The maximum Gasteiger partial charge on any atom is 0.266 e. The summed E-state index contributed by atoms with van der Waals surface area (Å²) in [6.07, 6.45) is 1.47. The Morgan fingerprint density at radius 2 is 1.46 bits per heavy atom. The number of amides is 3. The van der Waals surface area contributed by atoms with Crippen LogP contribution >= 0.6 is 0 Å². The number of carbonyl (C=O) groups excluding carboxylic acids is 4. The van der Waals surface area contributed by atoms with Crippen LogP contribution in [0.3, 0.4) is 0 Å². The van der Waals surface area contributed by atoms with Gasteiger partial charge in [0.2, 0.25) is 0 Å². The van der Waals surface area contributed by atoms with Crippen molar-refractivity contribution in [2.75, 3.05) is 18.0 Å². The number of hydrogen-bond donors (Lipinski definition) is 0. The first kappa shape index (κ1) is 23.2. The van der Waals surface area contributed by atoms with Crippen molar-refractivity contribution in [3.8, 4) is 5.75 Å². The number of likely N-dealkylation sites (tertiary alicyclic amines) is 1. The molecule has 186 valence electrons. The predicted octanol–water partition coefficient (Wildman–Crippen LogP) is 4.74. The zero-order chi connectivity index (χ0) is 25.9. The van der Waals surface area contributed by atoms with Gasteiger partial charge in [0.25, 0.3) is 17.7 Å². The lowest BCUT2D eigenvalue weighted by molar-refractivity contribution is -0.00620. The van der Waals surface area contributed by atoms with Crippen LogP contribution < -0.4 is 9.64 Å². The first-order valence-corrected chi connectivity index (χ1v) is 12.5. The van der Waals surface area contributed by atoms with Crippen molar-refractivity contribution in [3.63, 3.8) is 0 Å². The monoisotopic (exact) mass is 494 g/mol. The highest BCUT2D eigenvalue weighted by Gasteiger charge is 2.44. The second-order valence-corrected chi connectivity index (χ2v) is 10.2. The van der Waals surface area contributed by atoms with Crippen LogP contribution in [0.1, 0.15) is 71.8 Å². The molecule has 3 aromatic carbocycles. The largest absolute Gasteiger partial charge is 0.486 e. The van der Waals surface area contributed by atoms with E-state index in [2.05, 4.69) is 0 Å². The van der Waals surface area contributed by atoms with Gasteiger partial charge in [-0.05, 0) is 67.4 Å². The minimum absolute atomic E-state index is 0.0940. The van der Waals surface area contributed by atoms with Gasteiger partial charge in [0.05, 0.1) is 28.8 Å². The summed E-state index contributed by atoms with van der Waals surface area (Å²) in [5.74, 6) is -0.0925. The molecule has 0 N–H and O–H groups in total. The fraction of sp³-hybridized carbons (Fsp3) is 0.267. The molecule has 6 rings (SSSR count). The summed E-state index contributed by atoms with van der Waals surface area (Å²) in [5.41, 5.74) is 3.73. The van der Waals surface area contributed by atoms with Gasteiger partial charge >= 0.3 is 0 Å². The first-order chi connectivity index (χ1) is 17.8. The van der Waals surface area contributed by atoms with Gasteiger partial charge in [0, 0.05) is 31.5 Å². The first-order valence-electron chi connectivity index (χ1n) is 12.5. The molecule has 0 aromatic heterocycles. The third-order valence-electron chi connectivity index (χ3n) is 7.65. The number of aryl methyl sites for hydroxylation is 2. The molecule has 0 unspecified atom stereocenters. The lowest BCUT2D eigenvalue weighted by atomic mass is 9.81. The molecule has 3 aliphatic heterocycles. The van der Waals surface area contributed by atoms with Crippen LogP contribution in [-0.2, 0) is 0 Å². The molecule has 3 heterocycles. The standard InChI is InChI=1S/C30H26N2O5/c1-18-15-19(2)26-24(16-18)25(33)17-30(37-26)11-13-31(14-12-30)27(34)20-7-9-21(10-8-20)32-28(35)22-5-3-4-6-23(22)29(32)36/h3-10,15-16H,11-14,17H2,1-2H3. The third-order valence-corrected chi connectivity index (χ3v) is 7.65. The van der Waals surface area contributed by atoms with E-state index in [1.807, 2.05) is 26.0 Å². The van der Waals surface area contributed by atoms with E-state index in [1.54, 1.807) is 53.4 Å². The molecule has 7 nitrogen and oxygen atoms in total. The number of rotatable bonds is 2. The van der Waals surface area contributed by atoms with E-state index in [0.29, 0.717) is 66.0 Å². The van der Waals surface area contributed by atoms with Gasteiger partial charge in [0.1, 0.15) is 11.4 Å². The Balaban J connectivity index is 1.15. The summed E-state index contributed by atoms with van der Waals surface area (Å²) >= 11 is 0. The normalized spacial score (nSPS) is 18.1. The van der Waals surface area contributed by atoms with Crippen molar-refractivity contribution >= 4 is 29.2 Å². The highest BCUT2D eigenvalue weighted by Crippen LogP contribution is 2.41.